The minimum absolute atomic E-state index is 0.0477. The molecule has 2 rings (SSSR count). The molecule has 0 radical (unpaired) electrons. The van der Waals surface area contributed by atoms with Gasteiger partial charge in [-0.05, 0) is 24.1 Å². The summed E-state index contributed by atoms with van der Waals surface area (Å²) in [6.45, 7) is 2.03. The fraction of sp³-hybridized carbons (Fsp3) is 0.481. The lowest BCUT2D eigenvalue weighted by Crippen LogP contribution is -2.29. The number of benzene rings is 2. The highest BCUT2D eigenvalue weighted by Gasteiger charge is 2.45. The van der Waals surface area contributed by atoms with E-state index in [4.69, 9.17) is 4.74 Å². The van der Waals surface area contributed by atoms with Crippen LogP contribution in [0.4, 0.5) is 26.3 Å². The number of carbonyl (C=O) groups excluding carboxylic acids is 2. The number of unbranched alkanes of at least 4 members (excludes halogenated alkanes) is 7. The van der Waals surface area contributed by atoms with Gasteiger partial charge in [-0.1, -0.05) is 88.3 Å². The smallest absolute Gasteiger partial charge is 0.417 e. The van der Waals surface area contributed by atoms with Crippen molar-refractivity contribution in [2.75, 3.05) is 6.61 Å². The summed E-state index contributed by atoms with van der Waals surface area (Å²) in [6.07, 6.45) is -2.79. The van der Waals surface area contributed by atoms with Crippen molar-refractivity contribution < 1.29 is 40.7 Å². The molecule has 36 heavy (non-hydrogen) atoms. The average molecular weight is 517 g/mol. The number of Topliss-reactive ketones (excluding diaryl/α,β-unsaturated/α-hetero) is 1. The Balaban J connectivity index is 2.27. The van der Waals surface area contributed by atoms with Crippen LogP contribution in [0.2, 0.25) is 0 Å². The van der Waals surface area contributed by atoms with Gasteiger partial charge in [0.15, 0.2) is 5.78 Å². The van der Waals surface area contributed by atoms with E-state index >= 15 is 0 Å². The molecule has 0 aliphatic carbocycles. The first-order chi connectivity index (χ1) is 17.0. The van der Waals surface area contributed by atoms with Crippen LogP contribution in [0.15, 0.2) is 48.5 Å². The quantitative estimate of drug-likeness (QED) is 0.0883. The Morgan fingerprint density at radius 3 is 1.72 bits per heavy atom. The Kier molecular flexibility index (Phi) is 11.0. The number of ketones is 1. The molecule has 0 fully saturated rings. The second-order valence-corrected chi connectivity index (χ2v) is 8.57. The molecule has 0 aliphatic rings. The van der Waals surface area contributed by atoms with Crippen molar-refractivity contribution in [2.24, 2.45) is 0 Å². The van der Waals surface area contributed by atoms with Crippen molar-refractivity contribution in [2.45, 2.75) is 76.6 Å². The van der Waals surface area contributed by atoms with Crippen molar-refractivity contribution in [1.82, 2.24) is 0 Å². The van der Waals surface area contributed by atoms with Crippen LogP contribution in [0.25, 0.3) is 0 Å². The highest BCUT2D eigenvalue weighted by atomic mass is 19.4. The second kappa shape index (κ2) is 13.5. The molecule has 0 N–H and O–H groups in total. The fourth-order valence-electron chi connectivity index (χ4n) is 3.97. The zero-order chi connectivity index (χ0) is 26.8. The first-order valence-corrected chi connectivity index (χ1v) is 12.0. The Morgan fingerprint density at radius 1 is 0.722 bits per heavy atom. The van der Waals surface area contributed by atoms with Gasteiger partial charge in [-0.25, -0.2) is 0 Å². The van der Waals surface area contributed by atoms with E-state index in [1.165, 1.54) is 30.7 Å². The summed E-state index contributed by atoms with van der Waals surface area (Å²) in [5, 5.41) is 0. The predicted molar refractivity (Wildman–Crippen MR) is 124 cm³/mol. The number of carbonyl (C=O) groups is 2. The van der Waals surface area contributed by atoms with Crippen LogP contribution in [0.5, 0.6) is 0 Å². The summed E-state index contributed by atoms with van der Waals surface area (Å²) in [4.78, 5) is 26.2. The van der Waals surface area contributed by atoms with Crippen LogP contribution in [-0.2, 0) is 21.9 Å². The molecule has 0 spiro atoms. The van der Waals surface area contributed by atoms with E-state index in [1.807, 2.05) is 0 Å². The van der Waals surface area contributed by atoms with Crippen LogP contribution in [-0.4, -0.2) is 18.4 Å². The van der Waals surface area contributed by atoms with Crippen molar-refractivity contribution in [3.05, 3.63) is 70.8 Å². The van der Waals surface area contributed by atoms with Crippen molar-refractivity contribution >= 4 is 11.8 Å². The van der Waals surface area contributed by atoms with Crippen molar-refractivity contribution in [1.29, 1.82) is 0 Å². The number of hydrogen-bond acceptors (Lipinski definition) is 3. The van der Waals surface area contributed by atoms with Gasteiger partial charge in [0.05, 0.1) is 17.7 Å². The summed E-state index contributed by atoms with van der Waals surface area (Å²) in [7, 11) is 0. The van der Waals surface area contributed by atoms with Gasteiger partial charge in [0, 0.05) is 5.56 Å². The Hall–Kier alpha value is -2.84. The monoisotopic (exact) mass is 516 g/mol. The summed E-state index contributed by atoms with van der Waals surface area (Å²) in [5.74, 6) is -4.76. The molecule has 3 nitrogen and oxygen atoms in total. The predicted octanol–water partition coefficient (Wildman–Crippen LogP) is 8.37. The van der Waals surface area contributed by atoms with Gasteiger partial charge in [0.1, 0.15) is 5.92 Å². The number of hydrogen-bond donors (Lipinski definition) is 0. The van der Waals surface area contributed by atoms with E-state index in [-0.39, 0.29) is 12.2 Å². The van der Waals surface area contributed by atoms with Crippen molar-refractivity contribution in [3.63, 3.8) is 0 Å². The van der Waals surface area contributed by atoms with Crippen molar-refractivity contribution in [3.8, 4) is 0 Å². The molecule has 2 aromatic rings. The van der Waals surface area contributed by atoms with E-state index in [1.54, 1.807) is 6.07 Å². The van der Waals surface area contributed by atoms with Gasteiger partial charge in [-0.3, -0.25) is 9.59 Å². The number of ether oxygens (including phenoxy) is 1. The SMILES string of the molecule is CCCCCCCCCCOC(=O)C(C(=O)c1c(C(F)(F)F)cccc1C(F)(F)F)c1ccccc1. The van der Waals surface area contributed by atoms with Gasteiger partial charge in [0.25, 0.3) is 0 Å². The van der Waals surface area contributed by atoms with E-state index in [0.29, 0.717) is 24.6 Å². The molecule has 0 saturated heterocycles. The first kappa shape index (κ1) is 29.4. The zero-order valence-corrected chi connectivity index (χ0v) is 20.1. The number of alkyl halides is 6. The van der Waals surface area contributed by atoms with E-state index in [0.717, 1.165) is 38.5 Å². The minimum atomic E-state index is -5.24. The Labute approximate surface area is 206 Å². The lowest BCUT2D eigenvalue weighted by atomic mass is 9.85. The number of halogens is 6. The van der Waals surface area contributed by atoms with Gasteiger partial charge in [-0.15, -0.1) is 0 Å². The van der Waals surface area contributed by atoms with Crippen LogP contribution in [0.3, 0.4) is 0 Å². The van der Waals surface area contributed by atoms with Gasteiger partial charge in [-0.2, -0.15) is 26.3 Å². The standard InChI is InChI=1S/C27H30F6O3/c1-2-3-4-5-6-7-8-12-18-36-25(35)22(19-14-10-9-11-15-19)24(34)23-20(26(28,29)30)16-13-17-21(23)27(31,32)33/h9-11,13-17,22H,2-8,12,18H2,1H3. The van der Waals surface area contributed by atoms with Crippen LogP contribution in [0, 0.1) is 0 Å². The number of esters is 1. The Morgan fingerprint density at radius 2 is 1.22 bits per heavy atom. The largest absolute Gasteiger partial charge is 0.465 e. The third kappa shape index (κ3) is 8.38. The summed E-state index contributed by atoms with van der Waals surface area (Å²) in [5.41, 5.74) is -5.14. The van der Waals surface area contributed by atoms with Crippen LogP contribution in [0.1, 0.15) is 91.3 Å². The van der Waals surface area contributed by atoms with E-state index in [2.05, 4.69) is 6.92 Å². The Bertz CT molecular complexity index is 951. The molecule has 198 valence electrons. The molecular weight excluding hydrogens is 486 g/mol. The highest BCUT2D eigenvalue weighted by Crippen LogP contribution is 2.41. The summed E-state index contributed by atoms with van der Waals surface area (Å²) < 4.78 is 86.9. The molecule has 1 atom stereocenters. The average Bonchev–Trinajstić information content (AvgIpc) is 2.82. The maximum atomic E-state index is 13.6. The molecule has 0 heterocycles. The van der Waals surface area contributed by atoms with Crippen LogP contribution < -0.4 is 0 Å². The number of rotatable bonds is 13. The summed E-state index contributed by atoms with van der Waals surface area (Å²) >= 11 is 0. The molecule has 0 bridgehead atoms. The first-order valence-electron chi connectivity index (χ1n) is 12.0. The molecule has 9 heteroatoms. The fourth-order valence-corrected chi connectivity index (χ4v) is 3.97. The van der Waals surface area contributed by atoms with Gasteiger partial charge < -0.3 is 4.74 Å². The topological polar surface area (TPSA) is 43.4 Å². The third-order valence-corrected chi connectivity index (χ3v) is 5.79. The van der Waals surface area contributed by atoms with Gasteiger partial charge >= 0.3 is 18.3 Å². The molecular formula is C27H30F6O3. The van der Waals surface area contributed by atoms with Gasteiger partial charge in [0.2, 0.25) is 0 Å². The summed E-state index contributed by atoms with van der Waals surface area (Å²) in [6, 6.07) is 8.38. The van der Waals surface area contributed by atoms with E-state index < -0.39 is 46.7 Å². The molecule has 0 aromatic heterocycles. The third-order valence-electron chi connectivity index (χ3n) is 5.79. The normalized spacial score (nSPS) is 12.9. The lowest BCUT2D eigenvalue weighted by molar-refractivity contribution is -0.146. The maximum absolute atomic E-state index is 13.6. The molecule has 2 aromatic carbocycles. The lowest BCUT2D eigenvalue weighted by Gasteiger charge is -2.21. The maximum Gasteiger partial charge on any atom is 0.417 e. The molecule has 0 aliphatic heterocycles. The van der Waals surface area contributed by atoms with E-state index in [9.17, 15) is 35.9 Å². The highest BCUT2D eigenvalue weighted by molar-refractivity contribution is 6.14. The molecule has 0 amide bonds. The molecule has 1 unspecified atom stereocenters. The second-order valence-electron chi connectivity index (χ2n) is 8.57. The minimum Gasteiger partial charge on any atom is -0.465 e. The van der Waals surface area contributed by atoms with Crippen LogP contribution >= 0.6 is 0 Å². The zero-order valence-electron chi connectivity index (χ0n) is 20.1. The molecule has 0 saturated carbocycles.